The zero-order valence-electron chi connectivity index (χ0n) is 11.2. The molecule has 0 unspecified atom stereocenters. The van der Waals surface area contributed by atoms with Crippen LogP contribution in [0.4, 0.5) is 0 Å². The molecule has 1 aromatic rings. The molecule has 1 aromatic heterocycles. The molecular weight excluding hydrogens is 300 g/mol. The van der Waals surface area contributed by atoms with Gasteiger partial charge in [0.1, 0.15) is 16.6 Å². The predicted molar refractivity (Wildman–Crippen MR) is 70.1 cm³/mol. The minimum atomic E-state index is -3.94. The molecule has 1 N–H and O–H groups in total. The van der Waals surface area contributed by atoms with E-state index in [4.69, 9.17) is 5.11 Å². The molecule has 114 valence electrons. The SMILES string of the molecule is COC(=O)c1ccc(S(=O)(=O)N2CCC[C@@H]2C(=O)O)cn1. The molecule has 8 nitrogen and oxygen atoms in total. The Morgan fingerprint density at radius 2 is 2.14 bits per heavy atom. The van der Waals surface area contributed by atoms with Crippen LogP contribution in [-0.4, -0.2) is 54.4 Å². The lowest BCUT2D eigenvalue weighted by Gasteiger charge is -2.20. The van der Waals surface area contributed by atoms with E-state index in [0.29, 0.717) is 6.42 Å². The van der Waals surface area contributed by atoms with Crippen molar-refractivity contribution in [2.45, 2.75) is 23.8 Å². The second-order valence-electron chi connectivity index (χ2n) is 4.48. The highest BCUT2D eigenvalue weighted by atomic mass is 32.2. The van der Waals surface area contributed by atoms with E-state index in [1.54, 1.807) is 0 Å². The van der Waals surface area contributed by atoms with Crippen LogP contribution < -0.4 is 0 Å². The van der Waals surface area contributed by atoms with Crippen LogP contribution >= 0.6 is 0 Å². The maximum Gasteiger partial charge on any atom is 0.356 e. The number of aliphatic carboxylic acids is 1. The number of carbonyl (C=O) groups excluding carboxylic acids is 1. The summed E-state index contributed by atoms with van der Waals surface area (Å²) in [5.41, 5.74) is -0.0207. The molecule has 9 heteroatoms. The van der Waals surface area contributed by atoms with Crippen LogP contribution in [-0.2, 0) is 19.6 Å². The lowest BCUT2D eigenvalue weighted by atomic mass is 10.2. The number of carboxylic acid groups (broad SMARTS) is 1. The molecule has 0 amide bonds. The van der Waals surface area contributed by atoms with Crippen molar-refractivity contribution in [1.29, 1.82) is 0 Å². The largest absolute Gasteiger partial charge is 0.480 e. The first kappa shape index (κ1) is 15.4. The van der Waals surface area contributed by atoms with Crippen LogP contribution in [0.3, 0.4) is 0 Å². The van der Waals surface area contributed by atoms with Crippen LogP contribution in [0, 0.1) is 0 Å². The van der Waals surface area contributed by atoms with Crippen LogP contribution in [0.15, 0.2) is 23.2 Å². The van der Waals surface area contributed by atoms with Crippen molar-refractivity contribution >= 4 is 22.0 Å². The summed E-state index contributed by atoms with van der Waals surface area (Å²) in [7, 11) is -2.75. The van der Waals surface area contributed by atoms with Gasteiger partial charge in [-0.05, 0) is 25.0 Å². The van der Waals surface area contributed by atoms with E-state index in [1.807, 2.05) is 0 Å². The fourth-order valence-electron chi connectivity index (χ4n) is 2.17. The number of aromatic nitrogens is 1. The van der Waals surface area contributed by atoms with Crippen LogP contribution in [0.25, 0.3) is 0 Å². The smallest absolute Gasteiger partial charge is 0.356 e. The number of hydrogen-bond acceptors (Lipinski definition) is 6. The lowest BCUT2D eigenvalue weighted by Crippen LogP contribution is -2.40. The number of pyridine rings is 1. The van der Waals surface area contributed by atoms with Gasteiger partial charge in [-0.3, -0.25) is 4.79 Å². The summed E-state index contributed by atoms with van der Waals surface area (Å²) in [6.07, 6.45) is 1.80. The van der Waals surface area contributed by atoms with Gasteiger partial charge in [0.05, 0.1) is 7.11 Å². The topological polar surface area (TPSA) is 114 Å². The first-order valence-corrected chi connectivity index (χ1v) is 7.61. The van der Waals surface area contributed by atoms with E-state index in [1.165, 1.54) is 19.2 Å². The van der Waals surface area contributed by atoms with Crippen molar-refractivity contribution in [3.8, 4) is 0 Å². The van der Waals surface area contributed by atoms with Crippen molar-refractivity contribution in [3.63, 3.8) is 0 Å². The minimum Gasteiger partial charge on any atom is -0.480 e. The molecule has 0 aliphatic carbocycles. The van der Waals surface area contributed by atoms with E-state index in [9.17, 15) is 18.0 Å². The van der Waals surface area contributed by atoms with Gasteiger partial charge >= 0.3 is 11.9 Å². The van der Waals surface area contributed by atoms with Crippen molar-refractivity contribution in [3.05, 3.63) is 24.0 Å². The number of carbonyl (C=O) groups is 2. The van der Waals surface area contributed by atoms with Gasteiger partial charge in [0.15, 0.2) is 0 Å². The molecule has 1 aliphatic heterocycles. The molecule has 2 heterocycles. The summed E-state index contributed by atoms with van der Waals surface area (Å²) in [6, 6.07) is 1.38. The maximum absolute atomic E-state index is 12.4. The molecule has 21 heavy (non-hydrogen) atoms. The highest BCUT2D eigenvalue weighted by molar-refractivity contribution is 7.89. The van der Waals surface area contributed by atoms with Crippen LogP contribution in [0.2, 0.25) is 0 Å². The van der Waals surface area contributed by atoms with Crippen molar-refractivity contribution in [1.82, 2.24) is 9.29 Å². The first-order valence-electron chi connectivity index (χ1n) is 6.17. The summed E-state index contributed by atoms with van der Waals surface area (Å²) in [4.78, 5) is 25.9. The van der Waals surface area contributed by atoms with Gasteiger partial charge in [-0.25, -0.2) is 18.2 Å². The number of esters is 1. The van der Waals surface area contributed by atoms with Crippen molar-refractivity contribution in [2.24, 2.45) is 0 Å². The third kappa shape index (κ3) is 2.88. The van der Waals surface area contributed by atoms with E-state index < -0.39 is 28.0 Å². The summed E-state index contributed by atoms with van der Waals surface area (Å²) in [5, 5.41) is 9.06. The number of hydrogen-bond donors (Lipinski definition) is 1. The van der Waals surface area contributed by atoms with Gasteiger partial charge in [0.2, 0.25) is 10.0 Å². The highest BCUT2D eigenvalue weighted by Gasteiger charge is 2.39. The number of carboxylic acids is 1. The molecule has 0 bridgehead atoms. The molecule has 1 atom stereocenters. The first-order chi connectivity index (χ1) is 9.87. The predicted octanol–water partition coefficient (Wildman–Crippen LogP) is 0.106. The van der Waals surface area contributed by atoms with Crippen molar-refractivity contribution in [2.75, 3.05) is 13.7 Å². The standard InChI is InChI=1S/C12H14N2O6S/c1-20-12(17)9-5-4-8(7-13-9)21(18,19)14-6-2-3-10(14)11(15)16/h4-5,7,10H,2-3,6H2,1H3,(H,15,16)/t10-/m1/s1. The third-order valence-electron chi connectivity index (χ3n) is 3.23. The quantitative estimate of drug-likeness (QED) is 0.784. The molecule has 2 rings (SSSR count). The molecule has 0 radical (unpaired) electrons. The Hall–Kier alpha value is -2.00. The average molecular weight is 314 g/mol. The van der Waals surface area contributed by atoms with Gasteiger partial charge in [-0.2, -0.15) is 4.31 Å². The average Bonchev–Trinajstić information content (AvgIpc) is 2.97. The Kier molecular flexibility index (Phi) is 4.24. The molecule has 1 saturated heterocycles. The second kappa shape index (κ2) is 5.78. The zero-order chi connectivity index (χ0) is 15.6. The monoisotopic (exact) mass is 314 g/mol. The molecular formula is C12H14N2O6S. The Morgan fingerprint density at radius 1 is 1.43 bits per heavy atom. The normalized spacial score (nSPS) is 19.4. The lowest BCUT2D eigenvalue weighted by molar-refractivity contribution is -0.140. The number of sulfonamides is 1. The molecule has 0 saturated carbocycles. The summed E-state index contributed by atoms with van der Waals surface area (Å²) in [6.45, 7) is 0.151. The fourth-order valence-corrected chi connectivity index (χ4v) is 3.77. The van der Waals surface area contributed by atoms with Crippen molar-refractivity contribution < 1.29 is 27.9 Å². The van der Waals surface area contributed by atoms with E-state index in [0.717, 1.165) is 10.5 Å². The maximum atomic E-state index is 12.4. The van der Waals surface area contributed by atoms with Gasteiger partial charge < -0.3 is 9.84 Å². The fraction of sp³-hybridized carbons (Fsp3) is 0.417. The summed E-state index contributed by atoms with van der Waals surface area (Å²) >= 11 is 0. The second-order valence-corrected chi connectivity index (χ2v) is 6.37. The van der Waals surface area contributed by atoms with Gasteiger partial charge in [0.25, 0.3) is 0 Å². The van der Waals surface area contributed by atoms with E-state index in [-0.39, 0.29) is 23.6 Å². The number of ether oxygens (including phenoxy) is 1. The van der Waals surface area contributed by atoms with E-state index >= 15 is 0 Å². The summed E-state index contributed by atoms with van der Waals surface area (Å²) in [5.74, 6) is -1.85. The number of rotatable bonds is 4. The highest BCUT2D eigenvalue weighted by Crippen LogP contribution is 2.25. The minimum absolute atomic E-state index is 0.0207. The molecule has 1 aliphatic rings. The van der Waals surface area contributed by atoms with Gasteiger partial charge in [-0.15, -0.1) is 0 Å². The number of nitrogens with zero attached hydrogens (tertiary/aromatic N) is 2. The molecule has 0 spiro atoms. The zero-order valence-corrected chi connectivity index (χ0v) is 12.0. The summed E-state index contributed by atoms with van der Waals surface area (Å²) < 4.78 is 30.2. The molecule has 0 aromatic carbocycles. The van der Waals surface area contributed by atoms with E-state index in [2.05, 4.69) is 9.72 Å². The van der Waals surface area contributed by atoms with Crippen LogP contribution in [0.5, 0.6) is 0 Å². The van der Waals surface area contributed by atoms with Gasteiger partial charge in [-0.1, -0.05) is 0 Å². The van der Waals surface area contributed by atoms with Crippen LogP contribution in [0.1, 0.15) is 23.3 Å². The third-order valence-corrected chi connectivity index (χ3v) is 5.12. The Morgan fingerprint density at radius 3 is 2.67 bits per heavy atom. The Balaban J connectivity index is 2.31. The van der Waals surface area contributed by atoms with Gasteiger partial charge in [0, 0.05) is 12.7 Å². The Labute approximate surface area is 121 Å². The Bertz CT molecular complexity index is 655. The molecule has 1 fully saturated rings. The number of methoxy groups -OCH3 is 1.